The molecule has 2 aliphatic rings. The molecule has 3 amide bonds. The summed E-state index contributed by atoms with van der Waals surface area (Å²) in [6.07, 6.45) is 4.93. The number of hydrogen-bond acceptors (Lipinski definition) is 5. The van der Waals surface area contributed by atoms with E-state index < -0.39 is 0 Å². The van der Waals surface area contributed by atoms with E-state index in [4.69, 9.17) is 16.6 Å². The van der Waals surface area contributed by atoms with E-state index in [0.717, 1.165) is 40.8 Å². The van der Waals surface area contributed by atoms with Crippen LogP contribution in [0.4, 0.5) is 16.3 Å². The van der Waals surface area contributed by atoms with E-state index in [1.807, 2.05) is 42.5 Å². The van der Waals surface area contributed by atoms with Crippen molar-refractivity contribution >= 4 is 45.9 Å². The highest BCUT2D eigenvalue weighted by Gasteiger charge is 2.21. The highest BCUT2D eigenvalue weighted by atomic mass is 35.5. The van der Waals surface area contributed by atoms with E-state index in [-0.39, 0.29) is 24.9 Å². The van der Waals surface area contributed by atoms with Gasteiger partial charge in [0.15, 0.2) is 5.82 Å². The molecule has 3 aromatic rings. The van der Waals surface area contributed by atoms with E-state index in [0.29, 0.717) is 30.0 Å². The number of fused-ring (bicyclic) bond motifs is 1. The van der Waals surface area contributed by atoms with Crippen molar-refractivity contribution in [1.82, 2.24) is 20.6 Å². The Labute approximate surface area is 203 Å². The van der Waals surface area contributed by atoms with Crippen molar-refractivity contribution in [2.24, 2.45) is 0 Å². The SMILES string of the molecule is O=C(Cc1ccc(N2CCNC2=O)cc1)NCc1nc(NC2CCCC2)c2cc(Cl)ccc2n1. The van der Waals surface area contributed by atoms with Gasteiger partial charge in [-0.25, -0.2) is 14.8 Å². The van der Waals surface area contributed by atoms with E-state index in [1.165, 1.54) is 12.8 Å². The second-order valence-corrected chi connectivity index (χ2v) is 9.22. The second-order valence-electron chi connectivity index (χ2n) is 8.78. The first-order valence-electron chi connectivity index (χ1n) is 11.7. The lowest BCUT2D eigenvalue weighted by Crippen LogP contribution is -2.28. The molecule has 1 saturated carbocycles. The first-order valence-corrected chi connectivity index (χ1v) is 12.1. The molecule has 5 rings (SSSR count). The first-order chi connectivity index (χ1) is 16.5. The molecule has 1 aliphatic heterocycles. The number of benzene rings is 2. The monoisotopic (exact) mass is 478 g/mol. The van der Waals surface area contributed by atoms with Crippen LogP contribution in [0.25, 0.3) is 10.9 Å². The van der Waals surface area contributed by atoms with Crippen LogP contribution in [0.3, 0.4) is 0 Å². The first kappa shape index (κ1) is 22.4. The fourth-order valence-corrected chi connectivity index (χ4v) is 4.71. The van der Waals surface area contributed by atoms with Gasteiger partial charge >= 0.3 is 6.03 Å². The number of halogens is 1. The summed E-state index contributed by atoms with van der Waals surface area (Å²) >= 11 is 6.22. The normalized spacial score (nSPS) is 16.1. The minimum Gasteiger partial charge on any atom is -0.367 e. The lowest BCUT2D eigenvalue weighted by atomic mass is 10.1. The molecule has 0 atom stereocenters. The Hall–Kier alpha value is -3.39. The Morgan fingerprint density at radius 3 is 2.65 bits per heavy atom. The lowest BCUT2D eigenvalue weighted by Gasteiger charge is -2.16. The van der Waals surface area contributed by atoms with E-state index in [9.17, 15) is 9.59 Å². The van der Waals surface area contributed by atoms with Gasteiger partial charge in [-0.3, -0.25) is 9.69 Å². The molecule has 176 valence electrons. The Morgan fingerprint density at radius 2 is 1.91 bits per heavy atom. The van der Waals surface area contributed by atoms with Crippen LogP contribution in [-0.2, 0) is 17.8 Å². The van der Waals surface area contributed by atoms with Crippen LogP contribution in [0.15, 0.2) is 42.5 Å². The quantitative estimate of drug-likeness (QED) is 0.476. The molecule has 0 radical (unpaired) electrons. The summed E-state index contributed by atoms with van der Waals surface area (Å²) in [5.41, 5.74) is 2.50. The molecule has 1 aliphatic carbocycles. The molecule has 0 unspecified atom stereocenters. The van der Waals surface area contributed by atoms with Gasteiger partial charge in [0.25, 0.3) is 0 Å². The molecular weight excluding hydrogens is 452 g/mol. The molecule has 0 bridgehead atoms. The van der Waals surface area contributed by atoms with Crippen LogP contribution < -0.4 is 20.9 Å². The maximum atomic E-state index is 12.6. The van der Waals surface area contributed by atoms with E-state index >= 15 is 0 Å². The highest BCUT2D eigenvalue weighted by Crippen LogP contribution is 2.28. The van der Waals surface area contributed by atoms with Crippen molar-refractivity contribution in [3.05, 3.63) is 58.9 Å². The summed E-state index contributed by atoms with van der Waals surface area (Å²) < 4.78 is 0. The maximum Gasteiger partial charge on any atom is 0.321 e. The fourth-order valence-electron chi connectivity index (χ4n) is 4.54. The van der Waals surface area contributed by atoms with Gasteiger partial charge in [-0.1, -0.05) is 36.6 Å². The van der Waals surface area contributed by atoms with Crippen LogP contribution in [0.5, 0.6) is 0 Å². The number of nitrogens with zero attached hydrogens (tertiary/aromatic N) is 3. The van der Waals surface area contributed by atoms with E-state index in [1.54, 1.807) is 4.90 Å². The molecule has 2 heterocycles. The number of rotatable bonds is 7. The summed E-state index contributed by atoms with van der Waals surface area (Å²) in [7, 11) is 0. The molecule has 34 heavy (non-hydrogen) atoms. The zero-order valence-corrected chi connectivity index (χ0v) is 19.6. The van der Waals surface area contributed by atoms with Gasteiger partial charge < -0.3 is 16.0 Å². The van der Waals surface area contributed by atoms with E-state index in [2.05, 4.69) is 20.9 Å². The van der Waals surface area contributed by atoms with Crippen molar-refractivity contribution in [2.75, 3.05) is 23.3 Å². The average Bonchev–Trinajstić information content (AvgIpc) is 3.50. The van der Waals surface area contributed by atoms with Crippen LogP contribution in [0.1, 0.15) is 37.1 Å². The Bertz CT molecular complexity index is 1210. The molecular formula is C25H27ClN6O2. The lowest BCUT2D eigenvalue weighted by molar-refractivity contribution is -0.120. The number of anilines is 2. The van der Waals surface area contributed by atoms with Gasteiger partial charge in [-0.15, -0.1) is 0 Å². The maximum absolute atomic E-state index is 12.6. The standard InChI is InChI=1S/C25H27ClN6O2/c26-17-7-10-21-20(14-17)24(29-18-3-1-2-4-18)31-22(30-21)15-28-23(33)13-16-5-8-19(9-6-16)32-12-11-27-25(32)34/h5-10,14,18H,1-4,11-13,15H2,(H,27,34)(H,28,33)(H,29,30,31). The molecule has 8 nitrogen and oxygen atoms in total. The zero-order chi connectivity index (χ0) is 23.5. The second kappa shape index (κ2) is 9.85. The average molecular weight is 479 g/mol. The number of amides is 3. The van der Waals surface area contributed by atoms with Crippen molar-refractivity contribution in [3.8, 4) is 0 Å². The van der Waals surface area contributed by atoms with Crippen LogP contribution in [0.2, 0.25) is 5.02 Å². The Balaban J connectivity index is 1.24. The summed E-state index contributed by atoms with van der Waals surface area (Å²) in [6.45, 7) is 1.53. The van der Waals surface area contributed by atoms with Gasteiger partial charge in [0, 0.05) is 35.2 Å². The van der Waals surface area contributed by atoms with Gasteiger partial charge in [0.1, 0.15) is 5.82 Å². The summed E-state index contributed by atoms with van der Waals surface area (Å²) in [5, 5.41) is 10.8. The van der Waals surface area contributed by atoms with Gasteiger partial charge in [-0.05, 0) is 48.7 Å². The molecule has 3 N–H and O–H groups in total. The third-order valence-corrected chi connectivity index (χ3v) is 6.55. The molecule has 1 saturated heterocycles. The van der Waals surface area contributed by atoms with Crippen LogP contribution in [0, 0.1) is 0 Å². The molecule has 1 aromatic heterocycles. The van der Waals surface area contributed by atoms with Crippen LogP contribution >= 0.6 is 11.6 Å². The largest absolute Gasteiger partial charge is 0.367 e. The summed E-state index contributed by atoms with van der Waals surface area (Å²) in [5.74, 6) is 1.21. The molecule has 2 fully saturated rings. The third kappa shape index (κ3) is 5.07. The topological polar surface area (TPSA) is 99.3 Å². The zero-order valence-electron chi connectivity index (χ0n) is 18.8. The summed E-state index contributed by atoms with van der Waals surface area (Å²) in [4.78, 5) is 35.4. The minimum atomic E-state index is -0.114. The van der Waals surface area contributed by atoms with Gasteiger partial charge in [0.2, 0.25) is 5.91 Å². The third-order valence-electron chi connectivity index (χ3n) is 6.31. The number of carbonyl (C=O) groups excluding carboxylic acids is 2. The van der Waals surface area contributed by atoms with Gasteiger partial charge in [0.05, 0.1) is 18.5 Å². The van der Waals surface area contributed by atoms with Crippen molar-refractivity contribution in [1.29, 1.82) is 0 Å². The number of carbonyl (C=O) groups is 2. The smallest absolute Gasteiger partial charge is 0.321 e. The highest BCUT2D eigenvalue weighted by molar-refractivity contribution is 6.31. The predicted molar refractivity (Wildman–Crippen MR) is 133 cm³/mol. The predicted octanol–water partition coefficient (Wildman–Crippen LogP) is 4.03. The number of urea groups is 1. The summed E-state index contributed by atoms with van der Waals surface area (Å²) in [6, 6.07) is 13.4. The number of aromatic nitrogens is 2. The van der Waals surface area contributed by atoms with Crippen molar-refractivity contribution < 1.29 is 9.59 Å². The molecule has 9 heteroatoms. The van der Waals surface area contributed by atoms with Crippen molar-refractivity contribution in [3.63, 3.8) is 0 Å². The Morgan fingerprint density at radius 1 is 1.12 bits per heavy atom. The minimum absolute atomic E-state index is 0.0926. The van der Waals surface area contributed by atoms with Crippen LogP contribution in [-0.4, -0.2) is 41.0 Å². The molecule has 2 aromatic carbocycles. The number of nitrogens with one attached hydrogen (secondary N) is 3. The van der Waals surface area contributed by atoms with Crippen molar-refractivity contribution in [2.45, 2.75) is 44.7 Å². The van der Waals surface area contributed by atoms with Gasteiger partial charge in [-0.2, -0.15) is 0 Å². The molecule has 0 spiro atoms. The Kier molecular flexibility index (Phi) is 6.49. The fraction of sp³-hybridized carbons (Fsp3) is 0.360. The number of hydrogen-bond donors (Lipinski definition) is 3.